The number of imide groups is 1. The van der Waals surface area contributed by atoms with E-state index in [1.165, 1.54) is 18.2 Å². The van der Waals surface area contributed by atoms with E-state index in [4.69, 9.17) is 21.1 Å². The van der Waals surface area contributed by atoms with E-state index < -0.39 is 29.6 Å². The molecular weight excluding hydrogens is 548 g/mol. The average molecular weight is 562 g/mol. The second kappa shape index (κ2) is 9.88. The largest absolute Gasteiger partial charge is 0.478 e. The van der Waals surface area contributed by atoms with Gasteiger partial charge in [-0.3, -0.25) is 19.3 Å². The Hall–Kier alpha value is -3.34. The molecule has 3 amide bonds. The molecule has 4 rings (SSSR count). The monoisotopic (exact) mass is 560 g/mol. The molecule has 0 saturated carbocycles. The van der Waals surface area contributed by atoms with Crippen molar-refractivity contribution in [3.05, 3.63) is 80.3 Å². The quantitative estimate of drug-likeness (QED) is 0.369. The SMILES string of the molecule is O=C(CN1C(=O)S/C(=C\c2ccc(-c3ccc(C(=O)O)c(Cl)c3)o2)C1=O)Nc1ccccc1Br. The Bertz CT molecular complexity index is 1370. The number of nitrogens with one attached hydrogen (secondary N) is 1. The fourth-order valence-corrected chi connectivity index (χ4v) is 4.55. The number of anilines is 1. The van der Waals surface area contributed by atoms with Gasteiger partial charge in [0.1, 0.15) is 18.1 Å². The maximum atomic E-state index is 12.7. The Morgan fingerprint density at radius 2 is 1.91 bits per heavy atom. The summed E-state index contributed by atoms with van der Waals surface area (Å²) < 4.78 is 6.39. The number of amides is 3. The van der Waals surface area contributed by atoms with E-state index in [9.17, 15) is 19.2 Å². The maximum Gasteiger partial charge on any atom is 0.337 e. The molecule has 34 heavy (non-hydrogen) atoms. The Kier molecular flexibility index (Phi) is 6.92. The lowest BCUT2D eigenvalue weighted by atomic mass is 10.1. The van der Waals surface area contributed by atoms with Crippen molar-refractivity contribution < 1.29 is 28.7 Å². The lowest BCUT2D eigenvalue weighted by molar-refractivity contribution is -0.127. The van der Waals surface area contributed by atoms with Crippen molar-refractivity contribution >= 4 is 74.1 Å². The molecule has 3 aromatic rings. The lowest BCUT2D eigenvalue weighted by Gasteiger charge is -2.13. The van der Waals surface area contributed by atoms with Gasteiger partial charge in [0, 0.05) is 16.1 Å². The summed E-state index contributed by atoms with van der Waals surface area (Å²) in [6.45, 7) is -0.429. The zero-order chi connectivity index (χ0) is 24.4. The molecule has 2 aromatic carbocycles. The van der Waals surface area contributed by atoms with Gasteiger partial charge in [0.25, 0.3) is 11.1 Å². The maximum absolute atomic E-state index is 12.7. The van der Waals surface area contributed by atoms with Crippen molar-refractivity contribution in [2.45, 2.75) is 0 Å². The molecule has 0 atom stereocenters. The third-order valence-electron chi connectivity index (χ3n) is 4.71. The van der Waals surface area contributed by atoms with Gasteiger partial charge in [-0.25, -0.2) is 4.79 Å². The number of rotatable bonds is 6. The summed E-state index contributed by atoms with van der Waals surface area (Å²) in [4.78, 5) is 49.5. The topological polar surface area (TPSA) is 117 Å². The first-order valence-corrected chi connectivity index (χ1v) is 11.6. The summed E-state index contributed by atoms with van der Waals surface area (Å²) >= 11 is 10.0. The van der Waals surface area contributed by atoms with Crippen LogP contribution in [0, 0.1) is 0 Å². The molecule has 0 radical (unpaired) electrons. The number of carboxylic acid groups (broad SMARTS) is 1. The number of nitrogens with zero attached hydrogens (tertiary/aromatic N) is 1. The third-order valence-corrected chi connectivity index (χ3v) is 6.62. The average Bonchev–Trinajstić information content (AvgIpc) is 3.35. The van der Waals surface area contributed by atoms with Gasteiger partial charge in [-0.05, 0) is 64.1 Å². The number of hydrogen-bond donors (Lipinski definition) is 2. The molecule has 1 aromatic heterocycles. The molecule has 2 N–H and O–H groups in total. The van der Waals surface area contributed by atoms with E-state index >= 15 is 0 Å². The Labute approximate surface area is 210 Å². The van der Waals surface area contributed by atoms with E-state index in [0.29, 0.717) is 39.0 Å². The number of carboxylic acids is 1. The molecule has 2 heterocycles. The number of carbonyl (C=O) groups is 4. The summed E-state index contributed by atoms with van der Waals surface area (Å²) in [7, 11) is 0. The molecule has 1 fully saturated rings. The fraction of sp³-hybridized carbons (Fsp3) is 0.0435. The zero-order valence-electron chi connectivity index (χ0n) is 17.1. The van der Waals surface area contributed by atoms with E-state index in [-0.39, 0.29) is 15.5 Å². The normalized spacial score (nSPS) is 14.6. The molecule has 8 nitrogen and oxygen atoms in total. The van der Waals surface area contributed by atoms with Crippen LogP contribution in [0.1, 0.15) is 16.1 Å². The number of thioether (sulfide) groups is 1. The molecule has 0 aliphatic carbocycles. The summed E-state index contributed by atoms with van der Waals surface area (Å²) in [5, 5.41) is 11.2. The van der Waals surface area contributed by atoms with Gasteiger partial charge in [-0.15, -0.1) is 0 Å². The van der Waals surface area contributed by atoms with E-state index in [0.717, 1.165) is 4.90 Å². The van der Waals surface area contributed by atoms with Crippen LogP contribution in [-0.2, 0) is 9.59 Å². The van der Waals surface area contributed by atoms with Crippen LogP contribution in [0.2, 0.25) is 5.02 Å². The predicted molar refractivity (Wildman–Crippen MR) is 132 cm³/mol. The molecular formula is C23H14BrClN2O6S. The number of para-hydroxylation sites is 1. The molecule has 1 aliphatic rings. The van der Waals surface area contributed by atoms with Gasteiger partial charge in [0.15, 0.2) is 0 Å². The predicted octanol–water partition coefficient (Wildman–Crippen LogP) is 5.74. The van der Waals surface area contributed by atoms with Crippen molar-refractivity contribution in [2.24, 2.45) is 0 Å². The van der Waals surface area contributed by atoms with Crippen LogP contribution in [-0.4, -0.2) is 39.6 Å². The van der Waals surface area contributed by atoms with E-state index in [1.807, 2.05) is 0 Å². The highest BCUT2D eigenvalue weighted by Crippen LogP contribution is 2.34. The Morgan fingerprint density at radius 3 is 2.62 bits per heavy atom. The van der Waals surface area contributed by atoms with Gasteiger partial charge in [0.2, 0.25) is 5.91 Å². The Balaban J connectivity index is 1.47. The second-order valence-electron chi connectivity index (χ2n) is 7.00. The number of benzene rings is 2. The standard InChI is InChI=1S/C23H14BrClN2O6S/c24-15-3-1-2-4-17(15)26-20(28)11-27-21(29)19(34-23(27)32)10-13-6-8-18(33-13)12-5-7-14(22(30)31)16(25)9-12/h1-10H,11H2,(H,26,28)(H,30,31)/b19-10-. The fourth-order valence-electron chi connectivity index (χ4n) is 3.09. The molecule has 0 unspecified atom stereocenters. The summed E-state index contributed by atoms with van der Waals surface area (Å²) in [5.41, 5.74) is 1.04. The molecule has 1 aliphatic heterocycles. The van der Waals surface area contributed by atoms with Crippen molar-refractivity contribution in [1.82, 2.24) is 4.90 Å². The first-order valence-electron chi connectivity index (χ1n) is 9.65. The van der Waals surface area contributed by atoms with Crippen molar-refractivity contribution in [3.63, 3.8) is 0 Å². The van der Waals surface area contributed by atoms with Crippen LogP contribution in [0.25, 0.3) is 17.4 Å². The first kappa shape index (κ1) is 23.8. The van der Waals surface area contributed by atoms with Crippen molar-refractivity contribution in [3.8, 4) is 11.3 Å². The van der Waals surface area contributed by atoms with Crippen LogP contribution < -0.4 is 5.32 Å². The highest BCUT2D eigenvalue weighted by molar-refractivity contribution is 9.10. The summed E-state index contributed by atoms with van der Waals surface area (Å²) in [6, 6.07) is 14.6. The van der Waals surface area contributed by atoms with Gasteiger partial charge in [-0.1, -0.05) is 29.8 Å². The highest BCUT2D eigenvalue weighted by Gasteiger charge is 2.36. The van der Waals surface area contributed by atoms with Crippen molar-refractivity contribution in [1.29, 1.82) is 0 Å². The second-order valence-corrected chi connectivity index (χ2v) is 9.25. The Morgan fingerprint density at radius 1 is 1.15 bits per heavy atom. The molecule has 0 spiro atoms. The number of hydrogen-bond acceptors (Lipinski definition) is 6. The number of halogens is 2. The van der Waals surface area contributed by atoms with Crippen LogP contribution in [0.3, 0.4) is 0 Å². The van der Waals surface area contributed by atoms with Crippen LogP contribution in [0.5, 0.6) is 0 Å². The van der Waals surface area contributed by atoms with E-state index in [1.54, 1.807) is 42.5 Å². The number of aromatic carboxylic acids is 1. The minimum Gasteiger partial charge on any atom is -0.478 e. The highest BCUT2D eigenvalue weighted by atomic mass is 79.9. The molecule has 172 valence electrons. The minimum absolute atomic E-state index is 0.0328. The van der Waals surface area contributed by atoms with Gasteiger partial charge in [0.05, 0.1) is 21.2 Å². The van der Waals surface area contributed by atoms with Crippen LogP contribution in [0.4, 0.5) is 10.5 Å². The van der Waals surface area contributed by atoms with Gasteiger partial charge in [-0.2, -0.15) is 0 Å². The van der Waals surface area contributed by atoms with Gasteiger partial charge >= 0.3 is 5.97 Å². The molecule has 11 heteroatoms. The number of carbonyl (C=O) groups excluding carboxylic acids is 3. The molecule has 1 saturated heterocycles. The van der Waals surface area contributed by atoms with Crippen LogP contribution in [0.15, 0.2) is 68.4 Å². The smallest absolute Gasteiger partial charge is 0.337 e. The summed E-state index contributed by atoms with van der Waals surface area (Å²) in [6.07, 6.45) is 1.41. The third kappa shape index (κ3) is 5.09. The molecule has 0 bridgehead atoms. The van der Waals surface area contributed by atoms with Crippen molar-refractivity contribution in [2.75, 3.05) is 11.9 Å². The van der Waals surface area contributed by atoms with Gasteiger partial charge < -0.3 is 14.8 Å². The number of furan rings is 1. The summed E-state index contributed by atoms with van der Waals surface area (Å²) in [5.74, 6) is -1.56. The van der Waals surface area contributed by atoms with Crippen LogP contribution >= 0.6 is 39.3 Å². The first-order chi connectivity index (χ1) is 16.2. The minimum atomic E-state index is -1.14. The lowest BCUT2D eigenvalue weighted by Crippen LogP contribution is -2.36. The zero-order valence-corrected chi connectivity index (χ0v) is 20.2. The van der Waals surface area contributed by atoms with E-state index in [2.05, 4.69) is 21.2 Å².